The number of hydrogen-bond acceptors (Lipinski definition) is 3. The number of morpholine rings is 1. The standard InChI is InChI=1S/C13H18FN3O/c1-9-7-17(2-3-18-9)8-10-4-11(13(15)16)6-12(14)5-10/h4-6,9H,2-3,7-8H2,1H3,(H3,15,16). The van der Waals surface area contributed by atoms with Crippen molar-refractivity contribution < 1.29 is 9.13 Å². The van der Waals surface area contributed by atoms with Gasteiger partial charge in [-0.2, -0.15) is 0 Å². The number of rotatable bonds is 3. The molecule has 1 heterocycles. The van der Waals surface area contributed by atoms with E-state index in [1.807, 2.05) is 6.92 Å². The lowest BCUT2D eigenvalue weighted by Gasteiger charge is -2.31. The molecule has 1 atom stereocenters. The highest BCUT2D eigenvalue weighted by atomic mass is 19.1. The molecule has 0 bridgehead atoms. The maximum Gasteiger partial charge on any atom is 0.124 e. The summed E-state index contributed by atoms with van der Waals surface area (Å²) in [7, 11) is 0. The molecule has 2 rings (SSSR count). The number of hydrogen-bond donors (Lipinski definition) is 2. The molecule has 0 saturated carbocycles. The summed E-state index contributed by atoms with van der Waals surface area (Å²) in [5.74, 6) is -0.454. The first-order chi connectivity index (χ1) is 8.54. The molecule has 18 heavy (non-hydrogen) atoms. The first-order valence-corrected chi connectivity index (χ1v) is 6.02. The predicted octanol–water partition coefficient (Wildman–Crippen LogP) is 1.33. The van der Waals surface area contributed by atoms with Gasteiger partial charge in [-0.25, -0.2) is 4.39 Å². The Balaban J connectivity index is 2.10. The molecule has 1 unspecified atom stereocenters. The van der Waals surface area contributed by atoms with Crippen LogP contribution in [0.15, 0.2) is 18.2 Å². The third-order valence-electron chi connectivity index (χ3n) is 3.00. The molecule has 1 aromatic rings. The van der Waals surface area contributed by atoms with Crippen molar-refractivity contribution in [1.29, 1.82) is 5.41 Å². The van der Waals surface area contributed by atoms with Crippen molar-refractivity contribution in [1.82, 2.24) is 4.90 Å². The Hall–Kier alpha value is -1.46. The minimum Gasteiger partial charge on any atom is -0.384 e. The van der Waals surface area contributed by atoms with Crippen LogP contribution < -0.4 is 5.73 Å². The van der Waals surface area contributed by atoms with E-state index in [2.05, 4.69) is 4.90 Å². The molecule has 0 radical (unpaired) electrons. The molecular weight excluding hydrogens is 233 g/mol. The van der Waals surface area contributed by atoms with Crippen LogP contribution in [0.4, 0.5) is 4.39 Å². The van der Waals surface area contributed by atoms with Crippen molar-refractivity contribution >= 4 is 5.84 Å². The Labute approximate surface area is 106 Å². The average Bonchev–Trinajstić information content (AvgIpc) is 2.28. The normalized spacial score (nSPS) is 20.9. The van der Waals surface area contributed by atoms with Gasteiger partial charge >= 0.3 is 0 Å². The Morgan fingerprint density at radius 3 is 3.00 bits per heavy atom. The lowest BCUT2D eigenvalue weighted by Crippen LogP contribution is -2.40. The molecule has 3 N–H and O–H groups in total. The average molecular weight is 251 g/mol. The van der Waals surface area contributed by atoms with Gasteiger partial charge in [-0.05, 0) is 30.7 Å². The summed E-state index contributed by atoms with van der Waals surface area (Å²) < 4.78 is 18.9. The second-order valence-corrected chi connectivity index (χ2v) is 4.68. The highest BCUT2D eigenvalue weighted by Crippen LogP contribution is 2.14. The van der Waals surface area contributed by atoms with Crippen LogP contribution in [0.5, 0.6) is 0 Å². The van der Waals surface area contributed by atoms with Crippen molar-refractivity contribution in [2.45, 2.75) is 19.6 Å². The lowest BCUT2D eigenvalue weighted by molar-refractivity contribution is -0.0212. The van der Waals surface area contributed by atoms with E-state index in [4.69, 9.17) is 15.9 Å². The summed E-state index contributed by atoms with van der Waals surface area (Å²) in [4.78, 5) is 2.22. The van der Waals surface area contributed by atoms with Gasteiger partial charge in [0.1, 0.15) is 11.7 Å². The number of ether oxygens (including phenoxy) is 1. The van der Waals surface area contributed by atoms with Gasteiger partial charge in [0.2, 0.25) is 0 Å². The third-order valence-corrected chi connectivity index (χ3v) is 3.00. The lowest BCUT2D eigenvalue weighted by atomic mass is 10.1. The van der Waals surface area contributed by atoms with E-state index >= 15 is 0 Å². The van der Waals surface area contributed by atoms with Crippen LogP contribution in [0.1, 0.15) is 18.1 Å². The number of benzene rings is 1. The molecule has 1 aliphatic rings. The Morgan fingerprint density at radius 1 is 1.56 bits per heavy atom. The minimum absolute atomic E-state index is 0.105. The van der Waals surface area contributed by atoms with E-state index in [0.717, 1.165) is 18.7 Å². The van der Waals surface area contributed by atoms with Crippen LogP contribution in [-0.2, 0) is 11.3 Å². The summed E-state index contributed by atoms with van der Waals surface area (Å²) in [5, 5.41) is 7.36. The van der Waals surface area contributed by atoms with Gasteiger partial charge < -0.3 is 10.5 Å². The molecule has 1 aromatic carbocycles. The number of amidine groups is 1. The summed E-state index contributed by atoms with van der Waals surface area (Å²) in [6, 6.07) is 4.55. The molecule has 0 amide bonds. The summed E-state index contributed by atoms with van der Waals surface area (Å²) in [6.07, 6.45) is 0.208. The Bertz CT molecular complexity index is 450. The fourth-order valence-electron chi connectivity index (χ4n) is 2.19. The second kappa shape index (κ2) is 5.46. The topological polar surface area (TPSA) is 62.3 Å². The van der Waals surface area contributed by atoms with E-state index in [9.17, 15) is 4.39 Å². The molecule has 98 valence electrons. The largest absolute Gasteiger partial charge is 0.384 e. The van der Waals surface area contributed by atoms with E-state index < -0.39 is 0 Å². The number of nitrogen functional groups attached to an aromatic ring is 1. The quantitative estimate of drug-likeness (QED) is 0.629. The molecule has 0 spiro atoms. The Morgan fingerprint density at radius 2 is 2.33 bits per heavy atom. The van der Waals surface area contributed by atoms with Crippen molar-refractivity contribution in [3.63, 3.8) is 0 Å². The zero-order chi connectivity index (χ0) is 13.1. The van der Waals surface area contributed by atoms with Gasteiger partial charge in [0.25, 0.3) is 0 Å². The van der Waals surface area contributed by atoms with Gasteiger partial charge in [-0.1, -0.05) is 0 Å². The van der Waals surface area contributed by atoms with E-state index in [1.54, 1.807) is 6.07 Å². The molecular formula is C13H18FN3O. The number of nitrogens with zero attached hydrogens (tertiary/aromatic N) is 1. The first-order valence-electron chi connectivity index (χ1n) is 6.02. The maximum absolute atomic E-state index is 13.4. The summed E-state index contributed by atoms with van der Waals surface area (Å²) in [5.41, 5.74) is 6.67. The summed E-state index contributed by atoms with van der Waals surface area (Å²) >= 11 is 0. The van der Waals surface area contributed by atoms with E-state index in [1.165, 1.54) is 12.1 Å². The number of halogens is 1. The third kappa shape index (κ3) is 3.27. The van der Waals surface area contributed by atoms with Crippen LogP contribution in [0.3, 0.4) is 0 Å². The molecule has 1 aliphatic heterocycles. The minimum atomic E-state index is -0.348. The van der Waals surface area contributed by atoms with Gasteiger partial charge in [-0.15, -0.1) is 0 Å². The van der Waals surface area contributed by atoms with Crippen molar-refractivity contribution in [2.24, 2.45) is 5.73 Å². The van der Waals surface area contributed by atoms with E-state index in [0.29, 0.717) is 18.7 Å². The van der Waals surface area contributed by atoms with Crippen LogP contribution in [0.25, 0.3) is 0 Å². The van der Waals surface area contributed by atoms with Crippen LogP contribution in [0.2, 0.25) is 0 Å². The number of nitrogens with one attached hydrogen (secondary N) is 1. The second-order valence-electron chi connectivity index (χ2n) is 4.68. The fraction of sp³-hybridized carbons (Fsp3) is 0.462. The molecule has 1 fully saturated rings. The van der Waals surface area contributed by atoms with Crippen molar-refractivity contribution in [3.8, 4) is 0 Å². The molecule has 0 aromatic heterocycles. The zero-order valence-corrected chi connectivity index (χ0v) is 10.4. The van der Waals surface area contributed by atoms with E-state index in [-0.39, 0.29) is 17.8 Å². The predicted molar refractivity (Wildman–Crippen MR) is 68.1 cm³/mol. The smallest absolute Gasteiger partial charge is 0.124 e. The van der Waals surface area contributed by atoms with Crippen molar-refractivity contribution in [3.05, 3.63) is 35.1 Å². The van der Waals surface area contributed by atoms with Crippen LogP contribution >= 0.6 is 0 Å². The zero-order valence-electron chi connectivity index (χ0n) is 10.4. The van der Waals surface area contributed by atoms with Gasteiger partial charge in [-0.3, -0.25) is 10.3 Å². The van der Waals surface area contributed by atoms with Crippen molar-refractivity contribution in [2.75, 3.05) is 19.7 Å². The summed E-state index contributed by atoms with van der Waals surface area (Å²) in [6.45, 7) is 5.07. The maximum atomic E-state index is 13.4. The Kier molecular flexibility index (Phi) is 3.93. The van der Waals surface area contributed by atoms with Crippen LogP contribution in [-0.4, -0.2) is 36.5 Å². The molecule has 5 heteroatoms. The molecule has 0 aliphatic carbocycles. The number of nitrogens with two attached hydrogens (primary N) is 1. The van der Waals surface area contributed by atoms with Gasteiger partial charge in [0, 0.05) is 25.2 Å². The van der Waals surface area contributed by atoms with Crippen LogP contribution in [0, 0.1) is 11.2 Å². The molecule has 1 saturated heterocycles. The SMILES string of the molecule is CC1CN(Cc2cc(F)cc(C(=N)N)c2)CCO1. The molecule has 4 nitrogen and oxygen atoms in total. The monoisotopic (exact) mass is 251 g/mol. The first kappa shape index (κ1) is 13.0. The fourth-order valence-corrected chi connectivity index (χ4v) is 2.19. The highest BCUT2D eigenvalue weighted by molar-refractivity contribution is 5.95. The highest BCUT2D eigenvalue weighted by Gasteiger charge is 2.17. The van der Waals surface area contributed by atoms with Gasteiger partial charge in [0.05, 0.1) is 12.7 Å². The van der Waals surface area contributed by atoms with Gasteiger partial charge in [0.15, 0.2) is 0 Å².